The maximum atomic E-state index is 12.2. The van der Waals surface area contributed by atoms with E-state index >= 15 is 0 Å². The molecule has 0 spiro atoms. The van der Waals surface area contributed by atoms with E-state index in [0.717, 1.165) is 28.8 Å². The SMILES string of the molecule is O=C1C[C@H]2[C@H]3CC[C@H](C3)[C@H]2c2cc(Cl)ccc21. The van der Waals surface area contributed by atoms with Crippen LogP contribution in [0.15, 0.2) is 18.2 Å². The number of halogens is 1. The van der Waals surface area contributed by atoms with Gasteiger partial charge in [-0.15, -0.1) is 0 Å². The number of hydrogen-bond donors (Lipinski definition) is 0. The van der Waals surface area contributed by atoms with Crippen molar-refractivity contribution in [3.8, 4) is 0 Å². The zero-order valence-electron chi connectivity index (χ0n) is 9.66. The number of carbonyl (C=O) groups is 1. The van der Waals surface area contributed by atoms with Crippen LogP contribution in [0.25, 0.3) is 0 Å². The lowest BCUT2D eigenvalue weighted by Crippen LogP contribution is -2.29. The number of carbonyl (C=O) groups excluding carboxylic acids is 1. The third-order valence-electron chi connectivity index (χ3n) is 5.18. The summed E-state index contributed by atoms with van der Waals surface area (Å²) in [5, 5.41) is 0.778. The van der Waals surface area contributed by atoms with Crippen molar-refractivity contribution >= 4 is 17.4 Å². The Morgan fingerprint density at radius 1 is 1.18 bits per heavy atom. The second-order valence-corrected chi connectivity index (χ2v) is 6.32. The van der Waals surface area contributed by atoms with Gasteiger partial charge in [0.1, 0.15) is 0 Å². The second kappa shape index (κ2) is 3.35. The Balaban J connectivity index is 1.89. The van der Waals surface area contributed by atoms with Crippen molar-refractivity contribution in [2.24, 2.45) is 17.8 Å². The predicted octanol–water partition coefficient (Wildman–Crippen LogP) is 4.06. The summed E-state index contributed by atoms with van der Waals surface area (Å²) in [6.45, 7) is 0. The molecule has 0 unspecified atom stereocenters. The highest BCUT2D eigenvalue weighted by atomic mass is 35.5. The van der Waals surface area contributed by atoms with Gasteiger partial charge >= 0.3 is 0 Å². The van der Waals surface area contributed by atoms with Crippen LogP contribution in [0.2, 0.25) is 5.02 Å². The Bertz CT molecular complexity index is 508. The van der Waals surface area contributed by atoms with Crippen molar-refractivity contribution in [3.63, 3.8) is 0 Å². The van der Waals surface area contributed by atoms with Crippen LogP contribution in [0.4, 0.5) is 0 Å². The van der Waals surface area contributed by atoms with E-state index < -0.39 is 0 Å². The molecule has 0 amide bonds. The molecule has 0 aliphatic heterocycles. The third-order valence-corrected chi connectivity index (χ3v) is 5.42. The van der Waals surface area contributed by atoms with Gasteiger partial charge < -0.3 is 0 Å². The summed E-state index contributed by atoms with van der Waals surface area (Å²) in [6.07, 6.45) is 4.82. The normalized spacial score (nSPS) is 38.1. The largest absolute Gasteiger partial charge is 0.294 e. The molecule has 4 rings (SSSR count). The minimum Gasteiger partial charge on any atom is -0.294 e. The molecule has 4 atom stereocenters. The summed E-state index contributed by atoms with van der Waals surface area (Å²) in [5.41, 5.74) is 2.20. The highest BCUT2D eigenvalue weighted by molar-refractivity contribution is 6.30. The van der Waals surface area contributed by atoms with Gasteiger partial charge in [-0.05, 0) is 66.7 Å². The Kier molecular flexibility index (Phi) is 2.00. The van der Waals surface area contributed by atoms with Gasteiger partial charge in [-0.2, -0.15) is 0 Å². The molecule has 1 aromatic carbocycles. The average molecular weight is 247 g/mol. The summed E-state index contributed by atoms with van der Waals surface area (Å²) < 4.78 is 0. The van der Waals surface area contributed by atoms with Crippen molar-refractivity contribution in [3.05, 3.63) is 34.3 Å². The van der Waals surface area contributed by atoms with E-state index in [4.69, 9.17) is 11.6 Å². The zero-order chi connectivity index (χ0) is 11.6. The zero-order valence-corrected chi connectivity index (χ0v) is 10.4. The lowest BCUT2D eigenvalue weighted by atomic mass is 9.68. The molecular weight excluding hydrogens is 232 g/mol. The summed E-state index contributed by atoms with van der Waals surface area (Å²) in [4.78, 5) is 12.2. The van der Waals surface area contributed by atoms with Gasteiger partial charge in [0.2, 0.25) is 0 Å². The molecule has 17 heavy (non-hydrogen) atoms. The molecule has 0 aromatic heterocycles. The molecule has 2 saturated carbocycles. The van der Waals surface area contributed by atoms with Crippen LogP contribution in [0, 0.1) is 17.8 Å². The highest BCUT2D eigenvalue weighted by Gasteiger charge is 2.51. The quantitative estimate of drug-likeness (QED) is 0.675. The lowest BCUT2D eigenvalue weighted by molar-refractivity contribution is 0.0912. The van der Waals surface area contributed by atoms with Crippen LogP contribution < -0.4 is 0 Å². The van der Waals surface area contributed by atoms with Crippen molar-refractivity contribution in [1.29, 1.82) is 0 Å². The fraction of sp³-hybridized carbons (Fsp3) is 0.533. The molecule has 1 aromatic rings. The van der Waals surface area contributed by atoms with E-state index in [-0.39, 0.29) is 0 Å². The molecule has 0 radical (unpaired) electrons. The predicted molar refractivity (Wildman–Crippen MR) is 67.5 cm³/mol. The van der Waals surface area contributed by atoms with E-state index in [1.165, 1.54) is 24.8 Å². The van der Waals surface area contributed by atoms with Gasteiger partial charge in [0, 0.05) is 17.0 Å². The molecule has 2 bridgehead atoms. The minimum absolute atomic E-state index is 0.338. The summed E-state index contributed by atoms with van der Waals surface area (Å²) in [6, 6.07) is 5.83. The number of hydrogen-bond acceptors (Lipinski definition) is 1. The van der Waals surface area contributed by atoms with E-state index in [2.05, 4.69) is 0 Å². The molecule has 3 aliphatic rings. The first-order chi connectivity index (χ1) is 8.24. The molecule has 3 aliphatic carbocycles. The third kappa shape index (κ3) is 1.29. The summed E-state index contributed by atoms with van der Waals surface area (Å²) >= 11 is 6.11. The van der Waals surface area contributed by atoms with Gasteiger partial charge in [-0.25, -0.2) is 0 Å². The summed E-state index contributed by atoms with van der Waals surface area (Å²) in [5.74, 6) is 3.20. The topological polar surface area (TPSA) is 17.1 Å². The monoisotopic (exact) mass is 246 g/mol. The van der Waals surface area contributed by atoms with E-state index in [1.807, 2.05) is 18.2 Å². The number of ketones is 1. The second-order valence-electron chi connectivity index (χ2n) is 5.88. The van der Waals surface area contributed by atoms with Gasteiger partial charge in [0.05, 0.1) is 0 Å². The van der Waals surface area contributed by atoms with Crippen LogP contribution >= 0.6 is 11.6 Å². The summed E-state index contributed by atoms with van der Waals surface area (Å²) in [7, 11) is 0. The fourth-order valence-electron chi connectivity index (χ4n) is 4.58. The first kappa shape index (κ1) is 10.1. The van der Waals surface area contributed by atoms with Crippen molar-refractivity contribution in [2.75, 3.05) is 0 Å². The Morgan fingerprint density at radius 2 is 2.00 bits per heavy atom. The first-order valence-corrected chi connectivity index (χ1v) is 6.94. The number of fused-ring (bicyclic) bond motifs is 7. The van der Waals surface area contributed by atoms with Crippen molar-refractivity contribution in [2.45, 2.75) is 31.6 Å². The first-order valence-electron chi connectivity index (χ1n) is 6.56. The molecule has 0 saturated heterocycles. The van der Waals surface area contributed by atoms with Gasteiger partial charge in [-0.3, -0.25) is 4.79 Å². The Labute approximate surface area is 106 Å². The molecular formula is C15H15ClO. The molecule has 88 valence electrons. The maximum absolute atomic E-state index is 12.2. The molecule has 2 heteroatoms. The minimum atomic E-state index is 0.338. The van der Waals surface area contributed by atoms with E-state index in [0.29, 0.717) is 17.6 Å². The molecule has 0 N–H and O–H groups in total. The van der Waals surface area contributed by atoms with Crippen molar-refractivity contribution < 1.29 is 4.79 Å². The number of Topliss-reactive ketones (excluding diaryl/α,β-unsaturated/α-hetero) is 1. The average Bonchev–Trinajstić information content (AvgIpc) is 2.89. The number of rotatable bonds is 0. The van der Waals surface area contributed by atoms with Gasteiger partial charge in [0.15, 0.2) is 5.78 Å². The highest BCUT2D eigenvalue weighted by Crippen LogP contribution is 2.60. The number of benzene rings is 1. The van der Waals surface area contributed by atoms with Gasteiger partial charge in [0.25, 0.3) is 0 Å². The molecule has 2 fully saturated rings. The van der Waals surface area contributed by atoms with E-state index in [9.17, 15) is 4.79 Å². The smallest absolute Gasteiger partial charge is 0.163 e. The van der Waals surface area contributed by atoms with Crippen molar-refractivity contribution in [1.82, 2.24) is 0 Å². The maximum Gasteiger partial charge on any atom is 0.163 e. The van der Waals surface area contributed by atoms with E-state index in [1.54, 1.807) is 0 Å². The van der Waals surface area contributed by atoms with Crippen LogP contribution in [0.3, 0.4) is 0 Å². The Morgan fingerprint density at radius 3 is 2.88 bits per heavy atom. The van der Waals surface area contributed by atoms with Crippen LogP contribution in [0.5, 0.6) is 0 Å². The van der Waals surface area contributed by atoms with Gasteiger partial charge in [-0.1, -0.05) is 11.6 Å². The molecule has 0 heterocycles. The Hall–Kier alpha value is -0.820. The van der Waals surface area contributed by atoms with Crippen LogP contribution in [-0.2, 0) is 0 Å². The van der Waals surface area contributed by atoms with Crippen LogP contribution in [0.1, 0.15) is 47.5 Å². The van der Waals surface area contributed by atoms with Crippen LogP contribution in [-0.4, -0.2) is 5.78 Å². The lowest BCUT2D eigenvalue weighted by Gasteiger charge is -2.36. The fourth-order valence-corrected chi connectivity index (χ4v) is 4.76. The molecule has 1 nitrogen and oxygen atoms in total. The standard InChI is InChI=1S/C15H15ClO/c16-10-3-4-11-13(6-10)15-9-2-1-8(5-9)12(15)7-14(11)17/h3-4,6,8-9,12,15H,1-2,5,7H2/t8-,9+,12-,15+/m0/s1.